The largest absolute Gasteiger partial charge is 0.490 e. The number of amides is 1. The summed E-state index contributed by atoms with van der Waals surface area (Å²) in [6.45, 7) is 6.72. The molecule has 2 saturated heterocycles. The number of hydrogen-bond donors (Lipinski definition) is 1. The fourth-order valence-electron chi connectivity index (χ4n) is 5.42. The molecular formula is C27H32N4O4. The van der Waals surface area contributed by atoms with Crippen molar-refractivity contribution in [1.82, 2.24) is 14.0 Å². The molecule has 3 aromatic rings. The highest BCUT2D eigenvalue weighted by molar-refractivity contribution is 6.06. The number of hydrogen-bond acceptors (Lipinski definition) is 5. The Balaban J connectivity index is 1.35. The van der Waals surface area contributed by atoms with E-state index >= 15 is 0 Å². The molecule has 0 spiro atoms. The average molecular weight is 477 g/mol. The van der Waals surface area contributed by atoms with Crippen LogP contribution in [0.1, 0.15) is 81.4 Å². The minimum atomic E-state index is -0.379. The Morgan fingerprint density at radius 3 is 2.66 bits per heavy atom. The van der Waals surface area contributed by atoms with Gasteiger partial charge in [0.25, 0.3) is 11.5 Å². The smallest absolute Gasteiger partial charge is 0.274 e. The number of pyridine rings is 2. The molecule has 0 atom stereocenters. The van der Waals surface area contributed by atoms with Crippen molar-refractivity contribution in [2.75, 3.05) is 11.9 Å². The summed E-state index contributed by atoms with van der Waals surface area (Å²) in [7, 11) is 0. The van der Waals surface area contributed by atoms with Crippen molar-refractivity contribution >= 4 is 17.2 Å². The second kappa shape index (κ2) is 7.95. The molecule has 0 radical (unpaired) electrons. The molecule has 3 aromatic heterocycles. The Hall–Kier alpha value is -3.13. The monoisotopic (exact) mass is 476 g/mol. The molecule has 35 heavy (non-hydrogen) atoms. The number of rotatable bonds is 6. The van der Waals surface area contributed by atoms with Crippen LogP contribution in [0.4, 0.5) is 5.69 Å². The third-order valence-electron chi connectivity index (χ3n) is 7.83. The number of ether oxygens (including phenoxy) is 2. The maximum Gasteiger partial charge on any atom is 0.274 e. The topological polar surface area (TPSA) is 86.9 Å². The average Bonchev–Trinajstić information content (AvgIpc) is 3.59. The van der Waals surface area contributed by atoms with E-state index in [9.17, 15) is 9.59 Å². The maximum absolute atomic E-state index is 13.4. The Morgan fingerprint density at radius 1 is 1.23 bits per heavy atom. The summed E-state index contributed by atoms with van der Waals surface area (Å²) < 4.78 is 15.8. The van der Waals surface area contributed by atoms with E-state index in [4.69, 9.17) is 14.5 Å². The summed E-state index contributed by atoms with van der Waals surface area (Å²) >= 11 is 0. The van der Waals surface area contributed by atoms with Crippen molar-refractivity contribution < 1.29 is 14.3 Å². The van der Waals surface area contributed by atoms with Gasteiger partial charge in [-0.1, -0.05) is 0 Å². The molecule has 8 nitrogen and oxygen atoms in total. The van der Waals surface area contributed by atoms with Crippen molar-refractivity contribution in [3.05, 3.63) is 58.4 Å². The quantitative estimate of drug-likeness (QED) is 0.567. The van der Waals surface area contributed by atoms with E-state index in [1.165, 1.54) is 0 Å². The summed E-state index contributed by atoms with van der Waals surface area (Å²) in [5.41, 5.74) is 2.11. The fraction of sp³-hybridized carbons (Fsp3) is 0.519. The Kier molecular flexibility index (Phi) is 5.07. The Morgan fingerprint density at radius 2 is 2.00 bits per heavy atom. The van der Waals surface area contributed by atoms with Crippen LogP contribution in [0.25, 0.3) is 5.65 Å². The zero-order valence-electron chi connectivity index (χ0n) is 20.5. The number of fused-ring (bicyclic) bond motifs is 4. The molecule has 4 fully saturated rings. The van der Waals surface area contributed by atoms with Gasteiger partial charge in [-0.05, 0) is 71.4 Å². The molecule has 184 valence electrons. The minimum Gasteiger partial charge on any atom is -0.490 e. The third kappa shape index (κ3) is 3.93. The van der Waals surface area contributed by atoms with Gasteiger partial charge >= 0.3 is 0 Å². The van der Waals surface area contributed by atoms with Crippen molar-refractivity contribution in [3.8, 4) is 5.75 Å². The highest BCUT2D eigenvalue weighted by Crippen LogP contribution is 2.49. The molecule has 2 aliphatic heterocycles. The zero-order valence-corrected chi connectivity index (χ0v) is 20.5. The van der Waals surface area contributed by atoms with Crippen molar-refractivity contribution in [2.24, 2.45) is 0 Å². The molecule has 7 rings (SSSR count). The Labute approximate surface area is 204 Å². The lowest BCUT2D eigenvalue weighted by molar-refractivity contribution is -0.146. The van der Waals surface area contributed by atoms with Gasteiger partial charge in [-0.25, -0.2) is 4.98 Å². The summed E-state index contributed by atoms with van der Waals surface area (Å²) in [5.74, 6) is 0.0743. The predicted molar refractivity (Wildman–Crippen MR) is 132 cm³/mol. The van der Waals surface area contributed by atoms with Gasteiger partial charge in [0.1, 0.15) is 17.1 Å². The van der Waals surface area contributed by atoms with Crippen LogP contribution in [0.5, 0.6) is 5.75 Å². The van der Waals surface area contributed by atoms with Crippen LogP contribution in [0.3, 0.4) is 0 Å². The van der Waals surface area contributed by atoms with E-state index in [1.54, 1.807) is 29.1 Å². The van der Waals surface area contributed by atoms with Crippen LogP contribution in [-0.4, -0.2) is 38.2 Å². The maximum atomic E-state index is 13.4. The molecule has 1 N–H and O–H groups in total. The van der Waals surface area contributed by atoms with Crippen LogP contribution in [-0.2, 0) is 10.2 Å². The first-order valence-corrected chi connectivity index (χ1v) is 12.6. The minimum absolute atomic E-state index is 0.0000463. The van der Waals surface area contributed by atoms with Crippen molar-refractivity contribution in [2.45, 2.75) is 82.5 Å². The third-order valence-corrected chi connectivity index (χ3v) is 7.83. The molecule has 8 heteroatoms. The lowest BCUT2D eigenvalue weighted by Crippen LogP contribution is -2.51. The van der Waals surface area contributed by atoms with Gasteiger partial charge in [-0.2, -0.15) is 0 Å². The zero-order chi connectivity index (χ0) is 24.4. The first kappa shape index (κ1) is 22.3. The van der Waals surface area contributed by atoms with Gasteiger partial charge in [0, 0.05) is 36.1 Å². The summed E-state index contributed by atoms with van der Waals surface area (Å²) in [4.78, 5) is 31.2. The SMILES string of the molecule is CC(C)Oc1cc2nc(C34CCC(C)(CC3)OC4)cn2cc1C(=O)Nc1cccn(C2CC2)c1=O. The Bertz CT molecular complexity index is 1340. The summed E-state index contributed by atoms with van der Waals surface area (Å²) in [6, 6.07) is 5.50. The standard InChI is InChI=1S/C27H32N4O4/c1-17(2)35-21-13-23-29-22(27-10-8-26(3,9-11-27)34-16-27)15-30(23)14-19(21)24(32)28-20-5-4-12-31(25(20)33)18-6-7-18/h4-5,12-15,17-18H,6-11,16H2,1-3H3,(H,28,32). The van der Waals surface area contributed by atoms with Crippen LogP contribution in [0, 0.1) is 0 Å². The highest BCUT2D eigenvalue weighted by Gasteiger charge is 2.49. The summed E-state index contributed by atoms with van der Waals surface area (Å²) in [6.07, 6.45) is 11.6. The van der Waals surface area contributed by atoms with Gasteiger partial charge in [0.2, 0.25) is 0 Å². The number of imidazole rings is 1. The number of aromatic nitrogens is 3. The van der Waals surface area contributed by atoms with E-state index in [0.717, 1.165) is 49.9 Å². The molecule has 5 heterocycles. The molecule has 0 unspecified atom stereocenters. The number of nitrogens with one attached hydrogen (secondary N) is 1. The first-order chi connectivity index (χ1) is 16.8. The second-order valence-corrected chi connectivity index (χ2v) is 10.9. The number of anilines is 1. The van der Waals surface area contributed by atoms with Crippen LogP contribution < -0.4 is 15.6 Å². The van der Waals surface area contributed by atoms with E-state index in [-0.39, 0.29) is 40.3 Å². The number of carbonyl (C=O) groups excluding carboxylic acids is 1. The van der Waals surface area contributed by atoms with Gasteiger partial charge in [-0.3, -0.25) is 9.59 Å². The van der Waals surface area contributed by atoms with Crippen LogP contribution in [0.2, 0.25) is 0 Å². The molecule has 0 aromatic carbocycles. The lowest BCUT2D eigenvalue weighted by Gasteiger charge is -2.51. The predicted octanol–water partition coefficient (Wildman–Crippen LogP) is 4.47. The van der Waals surface area contributed by atoms with Crippen molar-refractivity contribution in [3.63, 3.8) is 0 Å². The second-order valence-electron chi connectivity index (χ2n) is 10.9. The van der Waals surface area contributed by atoms with Crippen molar-refractivity contribution in [1.29, 1.82) is 0 Å². The first-order valence-electron chi connectivity index (χ1n) is 12.6. The van der Waals surface area contributed by atoms with Gasteiger partial charge < -0.3 is 23.8 Å². The highest BCUT2D eigenvalue weighted by atomic mass is 16.5. The van der Waals surface area contributed by atoms with E-state index in [1.807, 2.05) is 30.5 Å². The molecule has 4 aliphatic rings. The lowest BCUT2D eigenvalue weighted by atomic mass is 9.65. The van der Waals surface area contributed by atoms with Crippen LogP contribution >= 0.6 is 0 Å². The molecular weight excluding hydrogens is 444 g/mol. The van der Waals surface area contributed by atoms with E-state index < -0.39 is 0 Å². The van der Waals surface area contributed by atoms with E-state index in [0.29, 0.717) is 17.9 Å². The van der Waals surface area contributed by atoms with Gasteiger partial charge in [0.05, 0.1) is 29.6 Å². The van der Waals surface area contributed by atoms with E-state index in [2.05, 4.69) is 12.2 Å². The normalized spacial score (nSPS) is 25.8. The number of nitrogens with zero attached hydrogens (tertiary/aromatic N) is 3. The van der Waals surface area contributed by atoms with Crippen LogP contribution in [0.15, 0.2) is 41.6 Å². The molecule has 2 bridgehead atoms. The van der Waals surface area contributed by atoms with Gasteiger partial charge in [-0.15, -0.1) is 0 Å². The molecule has 1 amide bonds. The summed E-state index contributed by atoms with van der Waals surface area (Å²) in [5, 5.41) is 2.82. The molecule has 2 aliphatic carbocycles. The number of carbonyl (C=O) groups is 1. The van der Waals surface area contributed by atoms with Gasteiger partial charge in [0.15, 0.2) is 0 Å². The molecule has 2 saturated carbocycles. The fourth-order valence-corrected chi connectivity index (χ4v) is 5.42.